The predicted octanol–water partition coefficient (Wildman–Crippen LogP) is 5.69. The van der Waals surface area contributed by atoms with Gasteiger partial charge in [0, 0.05) is 34.7 Å². The van der Waals surface area contributed by atoms with Crippen molar-refractivity contribution in [1.29, 1.82) is 0 Å². The number of nitrogens with one attached hydrogen (secondary N) is 1. The van der Waals surface area contributed by atoms with Gasteiger partial charge < -0.3 is 10.2 Å². The highest BCUT2D eigenvalue weighted by atomic mass is 35.5. The average Bonchev–Trinajstić information content (AvgIpc) is 3.28. The van der Waals surface area contributed by atoms with Crippen LogP contribution in [0.1, 0.15) is 51.0 Å². The third-order valence-corrected chi connectivity index (χ3v) is 6.95. The van der Waals surface area contributed by atoms with Gasteiger partial charge in [-0.25, -0.2) is 0 Å². The minimum absolute atomic E-state index is 0.0127. The van der Waals surface area contributed by atoms with Gasteiger partial charge in [-0.15, -0.1) is 11.8 Å². The van der Waals surface area contributed by atoms with Crippen LogP contribution in [0.25, 0.3) is 0 Å². The summed E-state index contributed by atoms with van der Waals surface area (Å²) < 4.78 is 0. The quantitative estimate of drug-likeness (QED) is 0.465. The molecule has 0 bridgehead atoms. The molecule has 1 aliphatic carbocycles. The van der Waals surface area contributed by atoms with E-state index in [1.165, 1.54) is 0 Å². The highest BCUT2D eigenvalue weighted by Gasteiger charge is 2.30. The van der Waals surface area contributed by atoms with Crippen molar-refractivity contribution >= 4 is 35.2 Å². The Hall–Kier alpha value is -1.98. The second-order valence-electron chi connectivity index (χ2n) is 7.97. The Morgan fingerprint density at radius 2 is 1.77 bits per heavy atom. The van der Waals surface area contributed by atoms with Gasteiger partial charge in [0.1, 0.15) is 6.04 Å². The Labute approximate surface area is 194 Å². The molecule has 1 saturated carbocycles. The van der Waals surface area contributed by atoms with E-state index in [4.69, 9.17) is 11.6 Å². The van der Waals surface area contributed by atoms with Crippen molar-refractivity contribution in [2.75, 3.05) is 5.75 Å². The molecule has 31 heavy (non-hydrogen) atoms. The van der Waals surface area contributed by atoms with Crippen LogP contribution in [0.15, 0.2) is 59.5 Å². The minimum atomic E-state index is -0.450. The zero-order valence-corrected chi connectivity index (χ0v) is 19.6. The summed E-state index contributed by atoms with van der Waals surface area (Å²) in [7, 11) is 0. The van der Waals surface area contributed by atoms with Crippen molar-refractivity contribution < 1.29 is 9.59 Å². The fraction of sp³-hybridized carbons (Fsp3) is 0.440. The Bertz CT molecular complexity index is 838. The molecule has 2 amide bonds. The molecule has 0 radical (unpaired) electrons. The topological polar surface area (TPSA) is 49.4 Å². The number of hydrogen-bond acceptors (Lipinski definition) is 3. The van der Waals surface area contributed by atoms with E-state index in [0.29, 0.717) is 30.2 Å². The Balaban J connectivity index is 1.66. The molecule has 0 heterocycles. The van der Waals surface area contributed by atoms with E-state index in [0.717, 1.165) is 36.1 Å². The van der Waals surface area contributed by atoms with E-state index in [1.807, 2.05) is 61.5 Å². The molecule has 0 aromatic heterocycles. The summed E-state index contributed by atoms with van der Waals surface area (Å²) in [6.45, 7) is 2.43. The van der Waals surface area contributed by atoms with Crippen LogP contribution in [-0.2, 0) is 16.1 Å². The average molecular weight is 459 g/mol. The lowest BCUT2D eigenvalue weighted by atomic mass is 10.1. The monoisotopic (exact) mass is 458 g/mol. The number of hydrogen-bond donors (Lipinski definition) is 1. The van der Waals surface area contributed by atoms with E-state index in [2.05, 4.69) is 5.32 Å². The Morgan fingerprint density at radius 3 is 2.42 bits per heavy atom. The normalized spacial score (nSPS) is 14.9. The predicted molar refractivity (Wildman–Crippen MR) is 128 cm³/mol. The van der Waals surface area contributed by atoms with Gasteiger partial charge in [0.15, 0.2) is 0 Å². The van der Waals surface area contributed by atoms with Gasteiger partial charge in [0.2, 0.25) is 11.8 Å². The van der Waals surface area contributed by atoms with E-state index >= 15 is 0 Å². The summed E-state index contributed by atoms with van der Waals surface area (Å²) in [6.07, 6.45) is 5.38. The van der Waals surface area contributed by atoms with Gasteiger partial charge in [0.05, 0.1) is 0 Å². The largest absolute Gasteiger partial charge is 0.352 e. The highest BCUT2D eigenvalue weighted by molar-refractivity contribution is 7.99. The van der Waals surface area contributed by atoms with Gasteiger partial charge in [-0.1, -0.05) is 61.7 Å². The molecule has 6 heteroatoms. The van der Waals surface area contributed by atoms with Crippen molar-refractivity contribution in [2.24, 2.45) is 0 Å². The number of rotatable bonds is 10. The number of thioether (sulfide) groups is 1. The summed E-state index contributed by atoms with van der Waals surface area (Å²) >= 11 is 7.58. The molecule has 3 rings (SSSR count). The summed E-state index contributed by atoms with van der Waals surface area (Å²) in [5.41, 5.74) is 1.04. The summed E-state index contributed by atoms with van der Waals surface area (Å²) in [5, 5.41) is 3.89. The molecular weight excluding hydrogens is 428 g/mol. The summed E-state index contributed by atoms with van der Waals surface area (Å²) in [6, 6.07) is 17.3. The van der Waals surface area contributed by atoms with Crippen molar-refractivity contribution in [1.82, 2.24) is 10.2 Å². The first-order valence-electron chi connectivity index (χ1n) is 11.1. The first-order valence-corrected chi connectivity index (χ1v) is 12.4. The van der Waals surface area contributed by atoms with Crippen molar-refractivity contribution in [2.45, 2.75) is 69.0 Å². The second-order valence-corrected chi connectivity index (χ2v) is 9.58. The molecule has 1 aliphatic rings. The minimum Gasteiger partial charge on any atom is -0.352 e. The molecule has 1 fully saturated rings. The summed E-state index contributed by atoms with van der Waals surface area (Å²) in [5.74, 6) is 0.648. The van der Waals surface area contributed by atoms with Gasteiger partial charge >= 0.3 is 0 Å². The summed E-state index contributed by atoms with van der Waals surface area (Å²) in [4.78, 5) is 29.2. The first kappa shape index (κ1) is 23.7. The second kappa shape index (κ2) is 12.2. The molecule has 4 nitrogen and oxygen atoms in total. The Kier molecular flexibility index (Phi) is 9.29. The van der Waals surface area contributed by atoms with Crippen molar-refractivity contribution in [3.63, 3.8) is 0 Å². The third kappa shape index (κ3) is 7.29. The van der Waals surface area contributed by atoms with E-state index in [9.17, 15) is 9.59 Å². The molecule has 166 valence electrons. The van der Waals surface area contributed by atoms with Crippen LogP contribution in [0.5, 0.6) is 0 Å². The zero-order valence-electron chi connectivity index (χ0n) is 18.1. The third-order valence-electron chi connectivity index (χ3n) is 5.68. The van der Waals surface area contributed by atoms with Gasteiger partial charge in [0.25, 0.3) is 0 Å². The van der Waals surface area contributed by atoms with Gasteiger partial charge in [-0.3, -0.25) is 9.59 Å². The van der Waals surface area contributed by atoms with Gasteiger partial charge in [-0.2, -0.15) is 0 Å². The first-order chi connectivity index (χ1) is 15.1. The molecular formula is C25H31ClN2O2S. The van der Waals surface area contributed by atoms with Crippen LogP contribution < -0.4 is 5.32 Å². The fourth-order valence-electron chi connectivity index (χ4n) is 4.00. The lowest BCUT2D eigenvalue weighted by Gasteiger charge is -2.31. The maximum absolute atomic E-state index is 13.2. The molecule has 2 aromatic carbocycles. The van der Waals surface area contributed by atoms with Gasteiger partial charge in [-0.05, 0) is 49.1 Å². The number of carbonyl (C=O) groups excluding carboxylic acids is 2. The number of amides is 2. The van der Waals surface area contributed by atoms with Crippen LogP contribution in [0.3, 0.4) is 0 Å². The van der Waals surface area contributed by atoms with Crippen molar-refractivity contribution in [3.05, 3.63) is 65.2 Å². The van der Waals surface area contributed by atoms with Crippen LogP contribution in [0.4, 0.5) is 0 Å². The maximum atomic E-state index is 13.2. The number of halogens is 1. The molecule has 0 unspecified atom stereocenters. The van der Waals surface area contributed by atoms with Crippen LogP contribution in [0.2, 0.25) is 5.02 Å². The van der Waals surface area contributed by atoms with Crippen LogP contribution in [-0.4, -0.2) is 34.6 Å². The molecule has 1 atom stereocenters. The SMILES string of the molecule is CC[C@H](C(=O)NC1CCCC1)N(Cc1ccccc1)C(=O)CCSc1ccc(Cl)cc1. The zero-order chi connectivity index (χ0) is 22.1. The molecule has 1 N–H and O–H groups in total. The number of carbonyl (C=O) groups is 2. The smallest absolute Gasteiger partial charge is 0.243 e. The Morgan fingerprint density at radius 1 is 1.10 bits per heavy atom. The van der Waals surface area contributed by atoms with E-state index in [-0.39, 0.29) is 17.9 Å². The molecule has 0 aliphatic heterocycles. The molecule has 0 saturated heterocycles. The molecule has 0 spiro atoms. The number of nitrogens with zero attached hydrogens (tertiary/aromatic N) is 1. The highest BCUT2D eigenvalue weighted by Crippen LogP contribution is 2.23. The van der Waals surface area contributed by atoms with E-state index in [1.54, 1.807) is 16.7 Å². The molecule has 2 aromatic rings. The lowest BCUT2D eigenvalue weighted by molar-refractivity contribution is -0.141. The van der Waals surface area contributed by atoms with Crippen molar-refractivity contribution in [3.8, 4) is 0 Å². The number of benzene rings is 2. The lowest BCUT2D eigenvalue weighted by Crippen LogP contribution is -2.51. The standard InChI is InChI=1S/C25H31ClN2O2S/c1-2-23(25(30)27-21-10-6-7-11-21)28(18-19-8-4-3-5-9-19)24(29)16-17-31-22-14-12-20(26)13-15-22/h3-5,8-9,12-15,21,23H,2,6-7,10-11,16-18H2,1H3,(H,27,30)/t23-/m1/s1. The maximum Gasteiger partial charge on any atom is 0.243 e. The fourth-order valence-corrected chi connectivity index (χ4v) is 4.96. The van der Waals surface area contributed by atoms with Crippen LogP contribution >= 0.6 is 23.4 Å². The van der Waals surface area contributed by atoms with E-state index < -0.39 is 6.04 Å². The van der Waals surface area contributed by atoms with Crippen LogP contribution in [0, 0.1) is 0 Å².